The monoisotopic (exact) mass is 272 g/mol. The third-order valence-corrected chi connectivity index (χ3v) is 4.51. The van der Waals surface area contributed by atoms with Crippen LogP contribution in [0.1, 0.15) is 24.4 Å². The lowest BCUT2D eigenvalue weighted by atomic mass is 10.1. The number of nitrogen functional groups attached to an aromatic ring is 1. The average Bonchev–Trinajstić information content (AvgIpc) is 2.96. The smallest absolute Gasteiger partial charge is 0.202 e. The molecule has 0 saturated carbocycles. The number of rotatable bonds is 2. The van der Waals surface area contributed by atoms with Gasteiger partial charge in [0.25, 0.3) is 0 Å². The first kappa shape index (κ1) is 12.2. The highest BCUT2D eigenvalue weighted by Crippen LogP contribution is 2.34. The first-order valence-corrected chi connectivity index (χ1v) is 7.04. The van der Waals surface area contributed by atoms with Crippen LogP contribution in [0.25, 0.3) is 11.0 Å². The van der Waals surface area contributed by atoms with Crippen LogP contribution < -0.4 is 5.73 Å². The van der Waals surface area contributed by atoms with Gasteiger partial charge in [0.15, 0.2) is 0 Å². The second kappa shape index (κ2) is 4.06. The van der Waals surface area contributed by atoms with E-state index in [2.05, 4.69) is 47.4 Å². The van der Waals surface area contributed by atoms with Crippen molar-refractivity contribution in [3.63, 3.8) is 0 Å². The average molecular weight is 272 g/mol. The first-order chi connectivity index (χ1) is 9.01. The van der Waals surface area contributed by atoms with Crippen molar-refractivity contribution in [2.24, 2.45) is 0 Å². The Bertz CT molecular complexity index is 725. The Labute approximate surface area is 115 Å². The zero-order valence-corrected chi connectivity index (χ0v) is 12.0. The van der Waals surface area contributed by atoms with Crippen LogP contribution in [0.2, 0.25) is 0 Å². The van der Waals surface area contributed by atoms with Gasteiger partial charge in [-0.15, -0.1) is 11.3 Å². The van der Waals surface area contributed by atoms with Crippen LogP contribution in [0.15, 0.2) is 29.8 Å². The van der Waals surface area contributed by atoms with Crippen molar-refractivity contribution in [1.29, 1.82) is 0 Å². The molecule has 19 heavy (non-hydrogen) atoms. The van der Waals surface area contributed by atoms with Gasteiger partial charge >= 0.3 is 0 Å². The van der Waals surface area contributed by atoms with Gasteiger partial charge in [0.1, 0.15) is 5.01 Å². The van der Waals surface area contributed by atoms with Gasteiger partial charge < -0.3 is 5.73 Å². The molecule has 3 aromatic rings. The summed E-state index contributed by atoms with van der Waals surface area (Å²) >= 11 is 1.63. The summed E-state index contributed by atoms with van der Waals surface area (Å²) < 4.78 is 2.06. The number of aryl methyl sites for hydroxylation is 1. The van der Waals surface area contributed by atoms with Crippen LogP contribution in [-0.4, -0.2) is 14.5 Å². The highest BCUT2D eigenvalue weighted by atomic mass is 32.1. The maximum Gasteiger partial charge on any atom is 0.202 e. The summed E-state index contributed by atoms with van der Waals surface area (Å²) in [6.07, 6.45) is 1.82. The van der Waals surface area contributed by atoms with Crippen LogP contribution in [-0.2, 0) is 5.54 Å². The maximum absolute atomic E-state index is 6.14. The second-order valence-electron chi connectivity index (χ2n) is 5.14. The standard InChI is InChI=1S/C14H16N4S/c1-9-5-4-6-10-11(9)17-13(15)18(10)14(2,3)12-16-7-8-19-12/h4-8H,1-3H3,(H2,15,17). The van der Waals surface area contributed by atoms with Crippen LogP contribution in [0.3, 0.4) is 0 Å². The van der Waals surface area contributed by atoms with E-state index in [1.807, 2.05) is 17.6 Å². The zero-order valence-electron chi connectivity index (χ0n) is 11.2. The molecule has 0 spiro atoms. The van der Waals surface area contributed by atoms with Crippen molar-refractivity contribution in [1.82, 2.24) is 14.5 Å². The molecule has 4 nitrogen and oxygen atoms in total. The summed E-state index contributed by atoms with van der Waals surface area (Å²) in [7, 11) is 0. The van der Waals surface area contributed by atoms with Crippen LogP contribution in [0.5, 0.6) is 0 Å². The predicted octanol–water partition coefficient (Wildman–Crippen LogP) is 3.17. The molecule has 3 rings (SSSR count). The van der Waals surface area contributed by atoms with Crippen LogP contribution >= 0.6 is 11.3 Å². The Morgan fingerprint density at radius 3 is 2.79 bits per heavy atom. The largest absolute Gasteiger partial charge is 0.369 e. The van der Waals surface area contributed by atoms with Crippen molar-refractivity contribution < 1.29 is 0 Å². The van der Waals surface area contributed by atoms with Gasteiger partial charge in [-0.3, -0.25) is 4.57 Å². The Morgan fingerprint density at radius 1 is 1.32 bits per heavy atom. The lowest BCUT2D eigenvalue weighted by molar-refractivity contribution is 0.452. The van der Waals surface area contributed by atoms with E-state index in [0.29, 0.717) is 5.95 Å². The third-order valence-electron chi connectivity index (χ3n) is 3.43. The molecule has 2 N–H and O–H groups in total. The summed E-state index contributed by atoms with van der Waals surface area (Å²) in [6, 6.07) is 6.14. The first-order valence-electron chi connectivity index (χ1n) is 6.16. The molecule has 98 valence electrons. The lowest BCUT2D eigenvalue weighted by Crippen LogP contribution is -2.28. The fourth-order valence-electron chi connectivity index (χ4n) is 2.47. The Balaban J connectivity index is 2.31. The van der Waals surface area contributed by atoms with E-state index >= 15 is 0 Å². The van der Waals surface area contributed by atoms with E-state index in [0.717, 1.165) is 21.6 Å². The van der Waals surface area contributed by atoms with Gasteiger partial charge in [0.05, 0.1) is 16.6 Å². The fraction of sp³-hybridized carbons (Fsp3) is 0.286. The Morgan fingerprint density at radius 2 is 2.11 bits per heavy atom. The second-order valence-corrected chi connectivity index (χ2v) is 6.04. The number of imidazole rings is 1. The normalized spacial score (nSPS) is 12.2. The molecule has 1 aromatic carbocycles. The molecule has 0 unspecified atom stereocenters. The van der Waals surface area contributed by atoms with E-state index in [-0.39, 0.29) is 5.54 Å². The molecule has 0 radical (unpaired) electrons. The summed E-state index contributed by atoms with van der Waals surface area (Å²) in [6.45, 7) is 6.28. The minimum Gasteiger partial charge on any atom is -0.369 e. The van der Waals surface area contributed by atoms with E-state index in [1.165, 1.54) is 0 Å². The number of nitrogens with zero attached hydrogens (tertiary/aromatic N) is 3. The number of aromatic nitrogens is 3. The van der Waals surface area contributed by atoms with E-state index in [4.69, 9.17) is 5.73 Å². The molecule has 0 saturated heterocycles. The number of hydrogen-bond donors (Lipinski definition) is 1. The molecular weight excluding hydrogens is 256 g/mol. The fourth-order valence-corrected chi connectivity index (χ4v) is 3.22. The number of hydrogen-bond acceptors (Lipinski definition) is 4. The van der Waals surface area contributed by atoms with Crippen molar-refractivity contribution in [2.45, 2.75) is 26.3 Å². The van der Waals surface area contributed by atoms with Crippen molar-refractivity contribution in [2.75, 3.05) is 5.73 Å². The lowest BCUT2D eigenvalue weighted by Gasteiger charge is -2.26. The molecule has 0 amide bonds. The van der Waals surface area contributed by atoms with Crippen LogP contribution in [0.4, 0.5) is 5.95 Å². The maximum atomic E-state index is 6.14. The molecule has 0 atom stereocenters. The van der Waals surface area contributed by atoms with Gasteiger partial charge in [-0.1, -0.05) is 12.1 Å². The molecular formula is C14H16N4S. The third kappa shape index (κ3) is 1.73. The van der Waals surface area contributed by atoms with Gasteiger partial charge in [-0.2, -0.15) is 0 Å². The Hall–Kier alpha value is -1.88. The topological polar surface area (TPSA) is 56.7 Å². The predicted molar refractivity (Wildman–Crippen MR) is 79.4 cm³/mol. The minimum absolute atomic E-state index is 0.305. The summed E-state index contributed by atoms with van der Waals surface area (Å²) in [5, 5.41) is 3.01. The summed E-state index contributed by atoms with van der Waals surface area (Å²) in [4.78, 5) is 8.93. The summed E-state index contributed by atoms with van der Waals surface area (Å²) in [5.41, 5.74) is 8.99. The number of para-hydroxylation sites is 1. The highest BCUT2D eigenvalue weighted by Gasteiger charge is 2.29. The number of nitrogens with two attached hydrogens (primary N) is 1. The minimum atomic E-state index is -0.305. The van der Waals surface area contributed by atoms with Gasteiger partial charge in [-0.25, -0.2) is 9.97 Å². The van der Waals surface area contributed by atoms with Gasteiger partial charge in [-0.05, 0) is 32.4 Å². The molecule has 2 aromatic heterocycles. The van der Waals surface area contributed by atoms with Gasteiger partial charge in [0, 0.05) is 11.6 Å². The van der Waals surface area contributed by atoms with E-state index in [9.17, 15) is 0 Å². The van der Waals surface area contributed by atoms with Gasteiger partial charge in [0.2, 0.25) is 5.95 Å². The number of thiazole rings is 1. The molecule has 0 bridgehead atoms. The van der Waals surface area contributed by atoms with Crippen LogP contribution in [0, 0.1) is 6.92 Å². The molecule has 0 aliphatic heterocycles. The number of anilines is 1. The molecule has 0 fully saturated rings. The van der Waals surface area contributed by atoms with Crippen molar-refractivity contribution >= 4 is 28.3 Å². The van der Waals surface area contributed by atoms with Crippen molar-refractivity contribution in [3.8, 4) is 0 Å². The zero-order chi connectivity index (χ0) is 13.6. The molecule has 2 heterocycles. The number of benzene rings is 1. The number of fused-ring (bicyclic) bond motifs is 1. The van der Waals surface area contributed by atoms with Crippen molar-refractivity contribution in [3.05, 3.63) is 40.3 Å². The SMILES string of the molecule is Cc1cccc2c1nc(N)n2C(C)(C)c1nccs1. The quantitative estimate of drug-likeness (QED) is 0.779. The molecule has 5 heteroatoms. The highest BCUT2D eigenvalue weighted by molar-refractivity contribution is 7.09. The molecule has 0 aliphatic carbocycles. The van der Waals surface area contributed by atoms with E-state index in [1.54, 1.807) is 11.3 Å². The van der Waals surface area contributed by atoms with E-state index < -0.39 is 0 Å². The molecule has 0 aliphatic rings. The summed E-state index contributed by atoms with van der Waals surface area (Å²) in [5.74, 6) is 0.532. The Kier molecular flexibility index (Phi) is 2.60.